The Morgan fingerprint density at radius 3 is 1.12 bits per heavy atom. The normalized spacial score (nSPS) is 11.0. The zero-order valence-corrected chi connectivity index (χ0v) is 23.1. The van der Waals surface area contributed by atoms with Crippen LogP contribution in [0.2, 0.25) is 0 Å². The summed E-state index contributed by atoms with van der Waals surface area (Å²) in [5.41, 5.74) is 5.49. The Labute approximate surface area is 248 Å². The molecular weight excluding hydrogens is 532 g/mol. The van der Waals surface area contributed by atoms with Gasteiger partial charge in [-0.2, -0.15) is 0 Å². The topological polar surface area (TPSA) is 53.8 Å². The highest BCUT2D eigenvalue weighted by Gasteiger charge is 2.23. The molecule has 5 heteroatoms. The molecule has 0 aliphatic heterocycles. The number of amides is 2. The molecule has 1 aromatic heterocycles. The summed E-state index contributed by atoms with van der Waals surface area (Å²) in [6.45, 7) is 0. The molecule has 0 bridgehead atoms. The summed E-state index contributed by atoms with van der Waals surface area (Å²) in [4.78, 5) is 31.1. The quantitative estimate of drug-likeness (QED) is 0.204. The maximum atomic E-state index is 13.9. The zero-order valence-electron chi connectivity index (χ0n) is 23.1. The van der Waals surface area contributed by atoms with E-state index in [9.17, 15) is 9.59 Å². The third-order valence-electron chi connectivity index (χ3n) is 7.43. The first-order valence-electron chi connectivity index (χ1n) is 14.0. The molecule has 2 amide bonds. The van der Waals surface area contributed by atoms with E-state index in [0.29, 0.717) is 33.7 Å². The molecule has 7 rings (SSSR count). The number of nitrogens with zero attached hydrogens (tertiary/aromatic N) is 2. The Morgan fingerprint density at radius 1 is 0.395 bits per heavy atom. The van der Waals surface area contributed by atoms with Gasteiger partial charge in [0.2, 0.25) is 0 Å². The van der Waals surface area contributed by atoms with E-state index in [-0.39, 0.29) is 11.8 Å². The summed E-state index contributed by atoms with van der Waals surface area (Å²) >= 11 is 0. The number of carbonyl (C=O) groups excluding carboxylic acids is 2. The lowest BCUT2D eigenvalue weighted by atomic mass is 10.1. The van der Waals surface area contributed by atoms with E-state index in [4.69, 9.17) is 4.42 Å². The molecule has 0 atom stereocenters. The van der Waals surface area contributed by atoms with Crippen LogP contribution in [0.25, 0.3) is 21.9 Å². The van der Waals surface area contributed by atoms with Crippen LogP contribution in [0, 0.1) is 0 Å². The fraction of sp³-hybridized carbons (Fsp3) is 0. The Hall–Kier alpha value is -5.94. The zero-order chi connectivity index (χ0) is 29.2. The van der Waals surface area contributed by atoms with E-state index in [1.807, 2.05) is 158 Å². The van der Waals surface area contributed by atoms with Crippen LogP contribution in [0.4, 0.5) is 22.7 Å². The summed E-state index contributed by atoms with van der Waals surface area (Å²) in [5.74, 6) is -0.272. The van der Waals surface area contributed by atoms with E-state index >= 15 is 0 Å². The standard InChI is InChI=1S/C38H26N2O3/c41-37(27-13-5-1-6-14-27)39(29-17-9-3-10-18-29)31-21-23-35-33(25-31)34-26-32(22-24-36(34)43-35)40(30-19-11-4-12-20-30)38(42)28-15-7-2-8-16-28/h1-26H. The van der Waals surface area contributed by atoms with Crippen molar-refractivity contribution in [1.29, 1.82) is 0 Å². The van der Waals surface area contributed by atoms with E-state index in [1.54, 1.807) is 9.80 Å². The van der Waals surface area contributed by atoms with Crippen molar-refractivity contribution in [3.63, 3.8) is 0 Å². The highest BCUT2D eigenvalue weighted by molar-refractivity contribution is 6.15. The smallest absolute Gasteiger partial charge is 0.262 e. The highest BCUT2D eigenvalue weighted by atomic mass is 16.3. The van der Waals surface area contributed by atoms with Gasteiger partial charge in [0.25, 0.3) is 11.8 Å². The van der Waals surface area contributed by atoms with Crippen LogP contribution in [0.3, 0.4) is 0 Å². The van der Waals surface area contributed by atoms with Crippen molar-refractivity contribution in [2.45, 2.75) is 0 Å². The van der Waals surface area contributed by atoms with E-state index in [2.05, 4.69) is 0 Å². The van der Waals surface area contributed by atoms with Crippen molar-refractivity contribution in [3.8, 4) is 0 Å². The first-order chi connectivity index (χ1) is 21.2. The summed E-state index contributed by atoms with van der Waals surface area (Å²) in [7, 11) is 0. The van der Waals surface area contributed by atoms with Gasteiger partial charge in [-0.05, 0) is 84.9 Å². The molecule has 0 N–H and O–H groups in total. The number of rotatable bonds is 6. The second-order valence-corrected chi connectivity index (χ2v) is 10.1. The summed E-state index contributed by atoms with van der Waals surface area (Å²) in [6.07, 6.45) is 0. The van der Waals surface area contributed by atoms with Gasteiger partial charge in [0.15, 0.2) is 0 Å². The molecule has 1 heterocycles. The number of fused-ring (bicyclic) bond motifs is 3. The SMILES string of the molecule is O=C(c1ccccc1)N(c1ccccc1)c1ccc2oc3ccc(N(C(=O)c4ccccc4)c4ccccc4)cc3c2c1. The third kappa shape index (κ3) is 4.94. The fourth-order valence-corrected chi connectivity index (χ4v) is 5.37. The number of anilines is 4. The van der Waals surface area contributed by atoms with Crippen LogP contribution < -0.4 is 9.80 Å². The largest absolute Gasteiger partial charge is 0.456 e. The molecule has 5 nitrogen and oxygen atoms in total. The highest BCUT2D eigenvalue weighted by Crippen LogP contribution is 2.38. The minimum Gasteiger partial charge on any atom is -0.456 e. The van der Waals surface area contributed by atoms with Gasteiger partial charge in [0.05, 0.1) is 11.4 Å². The van der Waals surface area contributed by atoms with Gasteiger partial charge in [-0.3, -0.25) is 19.4 Å². The summed E-state index contributed by atoms with van der Waals surface area (Å²) < 4.78 is 6.22. The predicted octanol–water partition coefficient (Wildman–Crippen LogP) is 9.54. The van der Waals surface area contributed by atoms with Gasteiger partial charge in [0.1, 0.15) is 11.2 Å². The number of hydrogen-bond donors (Lipinski definition) is 0. The molecule has 0 saturated carbocycles. The second kappa shape index (κ2) is 11.1. The van der Waals surface area contributed by atoms with Crippen molar-refractivity contribution in [2.24, 2.45) is 0 Å². The van der Waals surface area contributed by atoms with Crippen LogP contribution >= 0.6 is 0 Å². The molecule has 0 aliphatic rings. The number of para-hydroxylation sites is 2. The molecule has 7 aromatic rings. The van der Waals surface area contributed by atoms with E-state index < -0.39 is 0 Å². The van der Waals surface area contributed by atoms with Gasteiger partial charge in [-0.15, -0.1) is 0 Å². The minimum absolute atomic E-state index is 0.136. The Morgan fingerprint density at radius 2 is 0.744 bits per heavy atom. The molecule has 0 saturated heterocycles. The molecule has 206 valence electrons. The number of carbonyl (C=O) groups is 2. The minimum atomic E-state index is -0.136. The van der Waals surface area contributed by atoms with Gasteiger partial charge in [-0.25, -0.2) is 0 Å². The van der Waals surface area contributed by atoms with Crippen LogP contribution in [0.15, 0.2) is 162 Å². The van der Waals surface area contributed by atoms with Crippen molar-refractivity contribution >= 4 is 56.5 Å². The monoisotopic (exact) mass is 558 g/mol. The third-order valence-corrected chi connectivity index (χ3v) is 7.43. The molecule has 0 fully saturated rings. The van der Waals surface area contributed by atoms with Crippen molar-refractivity contribution in [1.82, 2.24) is 0 Å². The molecular formula is C38H26N2O3. The first-order valence-corrected chi connectivity index (χ1v) is 14.0. The lowest BCUT2D eigenvalue weighted by Crippen LogP contribution is -2.26. The Kier molecular flexibility index (Phi) is 6.74. The summed E-state index contributed by atoms with van der Waals surface area (Å²) in [6, 6.07) is 49.2. The van der Waals surface area contributed by atoms with E-state index in [0.717, 1.165) is 22.1 Å². The van der Waals surface area contributed by atoms with Crippen LogP contribution in [-0.2, 0) is 0 Å². The molecule has 0 spiro atoms. The Bertz CT molecular complexity index is 1910. The molecule has 6 aromatic carbocycles. The average Bonchev–Trinajstić information content (AvgIpc) is 3.44. The maximum Gasteiger partial charge on any atom is 0.262 e. The number of benzene rings is 6. The van der Waals surface area contributed by atoms with Crippen molar-refractivity contribution in [3.05, 3.63) is 169 Å². The lowest BCUT2D eigenvalue weighted by Gasteiger charge is -2.24. The fourth-order valence-electron chi connectivity index (χ4n) is 5.37. The Balaban J connectivity index is 1.38. The summed E-state index contributed by atoms with van der Waals surface area (Å²) in [5, 5.41) is 1.69. The predicted molar refractivity (Wildman–Crippen MR) is 172 cm³/mol. The van der Waals surface area contributed by atoms with Crippen molar-refractivity contribution in [2.75, 3.05) is 9.80 Å². The molecule has 0 aliphatic carbocycles. The van der Waals surface area contributed by atoms with E-state index in [1.165, 1.54) is 0 Å². The number of furan rings is 1. The first kappa shape index (κ1) is 26.0. The van der Waals surface area contributed by atoms with Gasteiger partial charge in [-0.1, -0.05) is 72.8 Å². The van der Waals surface area contributed by atoms with Crippen LogP contribution in [0.1, 0.15) is 20.7 Å². The van der Waals surface area contributed by atoms with Crippen LogP contribution in [0.5, 0.6) is 0 Å². The lowest BCUT2D eigenvalue weighted by molar-refractivity contribution is 0.0991. The number of hydrogen-bond acceptors (Lipinski definition) is 3. The van der Waals surface area contributed by atoms with Crippen molar-refractivity contribution < 1.29 is 14.0 Å². The second-order valence-electron chi connectivity index (χ2n) is 10.1. The van der Waals surface area contributed by atoms with Gasteiger partial charge in [0, 0.05) is 33.3 Å². The maximum absolute atomic E-state index is 13.9. The van der Waals surface area contributed by atoms with Crippen LogP contribution in [-0.4, -0.2) is 11.8 Å². The molecule has 43 heavy (non-hydrogen) atoms. The average molecular weight is 559 g/mol. The molecule has 0 unspecified atom stereocenters. The van der Waals surface area contributed by atoms with Gasteiger partial charge >= 0.3 is 0 Å². The van der Waals surface area contributed by atoms with Gasteiger partial charge < -0.3 is 4.42 Å². The molecule has 0 radical (unpaired) electrons.